The summed E-state index contributed by atoms with van der Waals surface area (Å²) in [5.74, 6) is -0.175. The van der Waals surface area contributed by atoms with Gasteiger partial charge in [-0.05, 0) is 37.5 Å². The molecule has 0 bridgehead atoms. The topological polar surface area (TPSA) is 37.4 Å². The molecule has 1 aromatic carbocycles. The smallest absolute Gasteiger partial charge is 0.237 e. The monoisotopic (exact) mass is 321 g/mol. The lowest BCUT2D eigenvalue weighted by atomic mass is 9.81. The first kappa shape index (κ1) is 12.9. The minimum atomic E-state index is -0.0837. The maximum absolute atomic E-state index is 12.5. The van der Waals surface area contributed by atoms with Crippen molar-refractivity contribution < 1.29 is 9.59 Å². The molecular formula is C15H16BrNO2. The summed E-state index contributed by atoms with van der Waals surface area (Å²) in [5.41, 5.74) is 1.68. The molecule has 100 valence electrons. The number of imide groups is 1. The van der Waals surface area contributed by atoms with Crippen LogP contribution in [0.4, 0.5) is 5.69 Å². The Bertz CT molecular complexity index is 531. The highest BCUT2D eigenvalue weighted by atomic mass is 79.9. The second-order valence-corrected chi connectivity index (χ2v) is 6.25. The fraction of sp³-hybridized carbons (Fsp3) is 0.467. The number of nitrogens with zero attached hydrogens (tertiary/aromatic N) is 1. The van der Waals surface area contributed by atoms with Gasteiger partial charge in [-0.15, -0.1) is 0 Å². The minimum absolute atomic E-state index is 0.00380. The third-order valence-electron chi connectivity index (χ3n) is 4.32. The third kappa shape index (κ3) is 1.93. The number of amides is 2. The van der Waals surface area contributed by atoms with Gasteiger partial charge in [0.15, 0.2) is 0 Å². The number of carbonyl (C=O) groups is 2. The number of rotatable bonds is 1. The average Bonchev–Trinajstić information content (AvgIpc) is 2.67. The highest BCUT2D eigenvalue weighted by Gasteiger charge is 2.49. The van der Waals surface area contributed by atoms with Gasteiger partial charge in [-0.2, -0.15) is 0 Å². The molecule has 3 rings (SSSR count). The maximum atomic E-state index is 12.5. The van der Waals surface area contributed by atoms with Crippen molar-refractivity contribution >= 4 is 33.4 Å². The Morgan fingerprint density at radius 2 is 1.68 bits per heavy atom. The predicted octanol–water partition coefficient (Wildman–Crippen LogP) is 3.44. The summed E-state index contributed by atoms with van der Waals surface area (Å²) in [5, 5.41) is 0. The van der Waals surface area contributed by atoms with Gasteiger partial charge in [-0.25, -0.2) is 4.90 Å². The number of benzene rings is 1. The Kier molecular flexibility index (Phi) is 3.21. The van der Waals surface area contributed by atoms with Crippen LogP contribution in [-0.2, 0) is 9.59 Å². The number of fused-ring (bicyclic) bond motifs is 1. The molecule has 19 heavy (non-hydrogen) atoms. The predicted molar refractivity (Wildman–Crippen MR) is 76.8 cm³/mol. The first-order chi connectivity index (χ1) is 9.11. The highest BCUT2D eigenvalue weighted by molar-refractivity contribution is 9.10. The quantitative estimate of drug-likeness (QED) is 0.743. The van der Waals surface area contributed by atoms with E-state index < -0.39 is 0 Å². The zero-order chi connectivity index (χ0) is 13.6. The van der Waals surface area contributed by atoms with Gasteiger partial charge in [0.1, 0.15) is 0 Å². The van der Waals surface area contributed by atoms with E-state index in [0.29, 0.717) is 0 Å². The summed E-state index contributed by atoms with van der Waals surface area (Å²) < 4.78 is 0.931. The number of hydrogen-bond acceptors (Lipinski definition) is 2. The van der Waals surface area contributed by atoms with E-state index >= 15 is 0 Å². The van der Waals surface area contributed by atoms with Crippen LogP contribution in [0.25, 0.3) is 0 Å². The SMILES string of the molecule is Cc1c(Br)cccc1N1C(=O)C2CCCCC2C1=O. The molecule has 2 atom stereocenters. The lowest BCUT2D eigenvalue weighted by Gasteiger charge is -2.19. The largest absolute Gasteiger partial charge is 0.274 e. The van der Waals surface area contributed by atoms with Crippen LogP contribution in [-0.4, -0.2) is 11.8 Å². The molecule has 0 radical (unpaired) electrons. The molecule has 1 aliphatic heterocycles. The third-order valence-corrected chi connectivity index (χ3v) is 5.18. The second-order valence-electron chi connectivity index (χ2n) is 5.39. The highest BCUT2D eigenvalue weighted by Crippen LogP contribution is 2.41. The Labute approximate surface area is 121 Å². The molecule has 0 spiro atoms. The lowest BCUT2D eigenvalue weighted by Crippen LogP contribution is -2.31. The van der Waals surface area contributed by atoms with E-state index in [2.05, 4.69) is 15.9 Å². The fourth-order valence-electron chi connectivity index (χ4n) is 3.24. The summed E-state index contributed by atoms with van der Waals surface area (Å²) in [6, 6.07) is 5.65. The first-order valence-electron chi connectivity index (χ1n) is 6.74. The lowest BCUT2D eigenvalue weighted by molar-refractivity contribution is -0.122. The van der Waals surface area contributed by atoms with Crippen molar-refractivity contribution in [2.75, 3.05) is 4.90 Å². The van der Waals surface area contributed by atoms with Crippen molar-refractivity contribution in [2.24, 2.45) is 11.8 Å². The van der Waals surface area contributed by atoms with E-state index in [0.717, 1.165) is 41.4 Å². The van der Waals surface area contributed by atoms with Gasteiger partial charge in [0, 0.05) is 4.47 Å². The number of hydrogen-bond donors (Lipinski definition) is 0. The van der Waals surface area contributed by atoms with E-state index in [1.54, 1.807) is 0 Å². The van der Waals surface area contributed by atoms with Crippen LogP contribution in [0.1, 0.15) is 31.2 Å². The van der Waals surface area contributed by atoms with E-state index in [9.17, 15) is 9.59 Å². The molecule has 1 aliphatic carbocycles. The summed E-state index contributed by atoms with van der Waals surface area (Å²) >= 11 is 3.46. The molecule has 1 saturated carbocycles. The normalized spacial score (nSPS) is 26.7. The van der Waals surface area contributed by atoms with Crippen molar-refractivity contribution in [3.05, 3.63) is 28.2 Å². The molecule has 1 heterocycles. The van der Waals surface area contributed by atoms with Gasteiger partial charge in [0.2, 0.25) is 11.8 Å². The van der Waals surface area contributed by atoms with Crippen LogP contribution >= 0.6 is 15.9 Å². The Morgan fingerprint density at radius 1 is 1.11 bits per heavy atom. The molecule has 2 aliphatic rings. The van der Waals surface area contributed by atoms with Gasteiger partial charge in [-0.1, -0.05) is 34.8 Å². The molecule has 0 aromatic heterocycles. The van der Waals surface area contributed by atoms with Crippen molar-refractivity contribution in [1.29, 1.82) is 0 Å². The van der Waals surface area contributed by atoms with E-state index in [4.69, 9.17) is 0 Å². The summed E-state index contributed by atoms with van der Waals surface area (Å²) in [6.07, 6.45) is 3.84. The van der Waals surface area contributed by atoms with Gasteiger partial charge in [0.05, 0.1) is 17.5 Å². The van der Waals surface area contributed by atoms with Gasteiger partial charge < -0.3 is 0 Å². The summed E-state index contributed by atoms with van der Waals surface area (Å²) in [6.45, 7) is 1.93. The fourth-order valence-corrected chi connectivity index (χ4v) is 3.59. The molecule has 2 fully saturated rings. The Balaban J connectivity index is 2.03. The summed E-state index contributed by atoms with van der Waals surface area (Å²) in [4.78, 5) is 26.4. The zero-order valence-electron chi connectivity index (χ0n) is 10.9. The van der Waals surface area contributed by atoms with Gasteiger partial charge >= 0.3 is 0 Å². The second kappa shape index (κ2) is 4.75. The molecule has 1 aromatic rings. The average molecular weight is 322 g/mol. The van der Waals surface area contributed by atoms with Gasteiger partial charge in [-0.3, -0.25) is 9.59 Å². The van der Waals surface area contributed by atoms with Crippen LogP contribution in [0.5, 0.6) is 0 Å². The van der Waals surface area contributed by atoms with Crippen molar-refractivity contribution in [3.8, 4) is 0 Å². The van der Waals surface area contributed by atoms with Crippen LogP contribution in [0.15, 0.2) is 22.7 Å². The Hall–Kier alpha value is -1.16. The van der Waals surface area contributed by atoms with Crippen LogP contribution < -0.4 is 4.90 Å². The standard InChI is InChI=1S/C15H16BrNO2/c1-9-12(16)7-4-8-13(9)17-14(18)10-5-2-3-6-11(10)15(17)19/h4,7-8,10-11H,2-3,5-6H2,1H3. The molecule has 2 amide bonds. The molecular weight excluding hydrogens is 306 g/mol. The number of anilines is 1. The first-order valence-corrected chi connectivity index (χ1v) is 7.53. The van der Waals surface area contributed by atoms with Crippen molar-refractivity contribution in [1.82, 2.24) is 0 Å². The van der Waals surface area contributed by atoms with Crippen LogP contribution in [0.3, 0.4) is 0 Å². The van der Waals surface area contributed by atoms with Crippen molar-refractivity contribution in [2.45, 2.75) is 32.6 Å². The zero-order valence-corrected chi connectivity index (χ0v) is 12.4. The summed E-state index contributed by atoms with van der Waals surface area (Å²) in [7, 11) is 0. The van der Waals surface area contributed by atoms with E-state index in [-0.39, 0.29) is 23.7 Å². The molecule has 3 nitrogen and oxygen atoms in total. The van der Waals surface area contributed by atoms with E-state index in [1.165, 1.54) is 4.90 Å². The molecule has 4 heteroatoms. The minimum Gasteiger partial charge on any atom is -0.274 e. The van der Waals surface area contributed by atoms with Crippen molar-refractivity contribution in [3.63, 3.8) is 0 Å². The molecule has 0 N–H and O–H groups in total. The van der Waals surface area contributed by atoms with Crippen LogP contribution in [0.2, 0.25) is 0 Å². The Morgan fingerprint density at radius 3 is 2.26 bits per heavy atom. The van der Waals surface area contributed by atoms with E-state index in [1.807, 2.05) is 25.1 Å². The number of halogens is 1. The number of carbonyl (C=O) groups excluding carboxylic acids is 2. The van der Waals surface area contributed by atoms with Gasteiger partial charge in [0.25, 0.3) is 0 Å². The van der Waals surface area contributed by atoms with Crippen LogP contribution in [0, 0.1) is 18.8 Å². The molecule has 2 unspecified atom stereocenters. The maximum Gasteiger partial charge on any atom is 0.237 e. The molecule has 1 saturated heterocycles.